The van der Waals surface area contributed by atoms with E-state index in [0.29, 0.717) is 12.0 Å². The van der Waals surface area contributed by atoms with Gasteiger partial charge in [-0.25, -0.2) is 22.3 Å². The average molecular weight is 403 g/mol. The van der Waals surface area contributed by atoms with Crippen LogP contribution in [0.15, 0.2) is 23.1 Å². The predicted octanol–water partition coefficient (Wildman–Crippen LogP) is 3.75. The van der Waals surface area contributed by atoms with Crippen molar-refractivity contribution >= 4 is 16.1 Å². The lowest BCUT2D eigenvalue weighted by atomic mass is 9.95. The highest BCUT2D eigenvalue weighted by Crippen LogP contribution is 2.21. The molecule has 2 N–H and O–H groups in total. The van der Waals surface area contributed by atoms with E-state index in [1.54, 1.807) is 61.5 Å². The van der Waals surface area contributed by atoms with Gasteiger partial charge in [-0.05, 0) is 79.5 Å². The minimum atomic E-state index is -3.96. The standard InChI is InChI=1S/C19H31FN2O4S/c1-17(2,3)22-27(24,25)15-10-9-13(11-14(15)20)12-19(7,8)21-16(23)26-18(4,5)6/h9-11,22H,12H2,1-8H3,(H,21,23). The van der Waals surface area contributed by atoms with Gasteiger partial charge in [-0.1, -0.05) is 6.07 Å². The minimum Gasteiger partial charge on any atom is -0.444 e. The van der Waals surface area contributed by atoms with Crippen LogP contribution in [-0.2, 0) is 21.2 Å². The first kappa shape index (κ1) is 23.4. The van der Waals surface area contributed by atoms with E-state index in [4.69, 9.17) is 4.74 Å². The summed E-state index contributed by atoms with van der Waals surface area (Å²) in [5.74, 6) is -0.836. The molecule has 1 rings (SSSR count). The van der Waals surface area contributed by atoms with Crippen molar-refractivity contribution in [3.8, 4) is 0 Å². The first-order valence-electron chi connectivity index (χ1n) is 8.74. The highest BCUT2D eigenvalue weighted by molar-refractivity contribution is 7.89. The molecule has 8 heteroatoms. The van der Waals surface area contributed by atoms with Crippen molar-refractivity contribution < 1.29 is 22.3 Å². The van der Waals surface area contributed by atoms with Crippen LogP contribution in [0.4, 0.5) is 9.18 Å². The molecule has 0 aromatic heterocycles. The van der Waals surface area contributed by atoms with Crippen molar-refractivity contribution in [3.05, 3.63) is 29.6 Å². The number of benzene rings is 1. The lowest BCUT2D eigenvalue weighted by Gasteiger charge is -2.29. The van der Waals surface area contributed by atoms with Gasteiger partial charge in [-0.3, -0.25) is 0 Å². The summed E-state index contributed by atoms with van der Waals surface area (Å²) in [5, 5.41) is 2.74. The predicted molar refractivity (Wildman–Crippen MR) is 104 cm³/mol. The number of halogens is 1. The maximum atomic E-state index is 14.4. The Morgan fingerprint density at radius 2 is 1.63 bits per heavy atom. The number of rotatable bonds is 5. The molecule has 0 radical (unpaired) electrons. The number of amides is 1. The largest absolute Gasteiger partial charge is 0.444 e. The smallest absolute Gasteiger partial charge is 0.408 e. The fourth-order valence-electron chi connectivity index (χ4n) is 2.46. The van der Waals surface area contributed by atoms with Gasteiger partial charge in [-0.2, -0.15) is 0 Å². The number of carbonyl (C=O) groups is 1. The molecule has 27 heavy (non-hydrogen) atoms. The molecule has 0 aliphatic carbocycles. The van der Waals surface area contributed by atoms with Gasteiger partial charge in [-0.15, -0.1) is 0 Å². The summed E-state index contributed by atoms with van der Waals surface area (Å²) in [6.07, 6.45) is -0.266. The van der Waals surface area contributed by atoms with Crippen molar-refractivity contribution in [2.75, 3.05) is 0 Å². The van der Waals surface area contributed by atoms with Crippen LogP contribution in [-0.4, -0.2) is 31.2 Å². The van der Waals surface area contributed by atoms with Gasteiger partial charge in [0.15, 0.2) is 0 Å². The van der Waals surface area contributed by atoms with E-state index in [-0.39, 0.29) is 0 Å². The Bertz CT molecular complexity index is 791. The third-order valence-corrected chi connectivity index (χ3v) is 5.00. The van der Waals surface area contributed by atoms with Crippen molar-refractivity contribution in [2.45, 2.75) is 83.4 Å². The topological polar surface area (TPSA) is 84.5 Å². The Morgan fingerprint density at radius 1 is 1.07 bits per heavy atom. The maximum absolute atomic E-state index is 14.4. The summed E-state index contributed by atoms with van der Waals surface area (Å²) in [6.45, 7) is 13.9. The highest BCUT2D eigenvalue weighted by Gasteiger charge is 2.27. The normalized spacial score (nSPS) is 13.4. The molecule has 0 saturated heterocycles. The summed E-state index contributed by atoms with van der Waals surface area (Å²) in [4.78, 5) is 11.6. The molecule has 0 heterocycles. The maximum Gasteiger partial charge on any atom is 0.408 e. The Hall–Kier alpha value is -1.67. The van der Waals surface area contributed by atoms with Crippen LogP contribution in [0.3, 0.4) is 0 Å². The minimum absolute atomic E-state index is 0.302. The molecule has 6 nitrogen and oxygen atoms in total. The summed E-state index contributed by atoms with van der Waals surface area (Å²) in [6, 6.07) is 3.96. The molecular weight excluding hydrogens is 371 g/mol. The van der Waals surface area contributed by atoms with Crippen LogP contribution in [0.25, 0.3) is 0 Å². The second-order valence-electron chi connectivity index (χ2n) is 9.31. The first-order chi connectivity index (χ1) is 11.9. The molecule has 0 aliphatic heterocycles. The number of nitrogens with one attached hydrogen (secondary N) is 2. The van der Waals surface area contributed by atoms with E-state index in [1.165, 1.54) is 12.1 Å². The first-order valence-corrected chi connectivity index (χ1v) is 10.2. The summed E-state index contributed by atoms with van der Waals surface area (Å²) in [7, 11) is -3.96. The summed E-state index contributed by atoms with van der Waals surface area (Å²) >= 11 is 0. The van der Waals surface area contributed by atoms with Crippen LogP contribution >= 0.6 is 0 Å². The van der Waals surface area contributed by atoms with Crippen molar-refractivity contribution in [3.63, 3.8) is 0 Å². The van der Waals surface area contributed by atoms with Gasteiger partial charge < -0.3 is 10.1 Å². The van der Waals surface area contributed by atoms with Crippen molar-refractivity contribution in [2.24, 2.45) is 0 Å². The fraction of sp³-hybridized carbons (Fsp3) is 0.632. The van der Waals surface area contributed by atoms with Crippen LogP contribution in [0.5, 0.6) is 0 Å². The summed E-state index contributed by atoms with van der Waals surface area (Å²) in [5.41, 5.74) is -1.49. The Balaban J connectivity index is 2.95. The Morgan fingerprint density at radius 3 is 2.07 bits per heavy atom. The second kappa shape index (κ2) is 7.75. The highest BCUT2D eigenvalue weighted by atomic mass is 32.2. The molecule has 0 spiro atoms. The van der Waals surface area contributed by atoms with E-state index in [9.17, 15) is 17.6 Å². The molecule has 1 aromatic rings. The number of hydrogen-bond donors (Lipinski definition) is 2. The zero-order valence-corrected chi connectivity index (χ0v) is 18.2. The monoisotopic (exact) mass is 402 g/mol. The number of ether oxygens (including phenoxy) is 1. The van der Waals surface area contributed by atoms with Crippen LogP contribution in [0.2, 0.25) is 0 Å². The van der Waals surface area contributed by atoms with Crippen LogP contribution < -0.4 is 10.0 Å². The van der Waals surface area contributed by atoms with E-state index in [1.807, 2.05) is 0 Å². The van der Waals surface area contributed by atoms with E-state index >= 15 is 0 Å². The molecule has 154 valence electrons. The SMILES string of the molecule is CC(C)(C)NS(=O)(=O)c1ccc(CC(C)(C)NC(=O)OC(C)(C)C)cc1F. The molecular formula is C19H31FN2O4S. The van der Waals surface area contributed by atoms with Crippen molar-refractivity contribution in [1.82, 2.24) is 10.0 Å². The fourth-order valence-corrected chi connectivity index (χ4v) is 3.94. The Labute approximate surface area is 161 Å². The van der Waals surface area contributed by atoms with E-state index < -0.39 is 43.5 Å². The van der Waals surface area contributed by atoms with E-state index in [2.05, 4.69) is 10.0 Å². The zero-order valence-electron chi connectivity index (χ0n) is 17.4. The van der Waals surface area contributed by atoms with E-state index in [0.717, 1.165) is 0 Å². The summed E-state index contributed by atoms with van der Waals surface area (Å²) < 4.78 is 46.7. The average Bonchev–Trinajstić information content (AvgIpc) is 2.30. The van der Waals surface area contributed by atoms with Gasteiger partial charge in [0, 0.05) is 11.1 Å². The lowest BCUT2D eigenvalue weighted by Crippen LogP contribution is -2.47. The molecule has 0 bridgehead atoms. The van der Waals surface area contributed by atoms with Crippen LogP contribution in [0, 0.1) is 5.82 Å². The number of carbonyl (C=O) groups excluding carboxylic acids is 1. The molecule has 0 saturated carbocycles. The molecule has 1 amide bonds. The van der Waals surface area contributed by atoms with Crippen molar-refractivity contribution in [1.29, 1.82) is 0 Å². The second-order valence-corrected chi connectivity index (χ2v) is 11.0. The quantitative estimate of drug-likeness (QED) is 0.786. The third-order valence-electron chi connectivity index (χ3n) is 3.21. The number of alkyl carbamates (subject to hydrolysis) is 1. The molecule has 0 unspecified atom stereocenters. The lowest BCUT2D eigenvalue weighted by molar-refractivity contribution is 0.0472. The van der Waals surface area contributed by atoms with Crippen LogP contribution in [0.1, 0.15) is 61.0 Å². The molecule has 0 fully saturated rings. The van der Waals surface area contributed by atoms with Gasteiger partial charge >= 0.3 is 6.09 Å². The zero-order chi connectivity index (χ0) is 21.3. The number of hydrogen-bond acceptors (Lipinski definition) is 4. The van der Waals surface area contributed by atoms with Gasteiger partial charge in [0.2, 0.25) is 10.0 Å². The number of sulfonamides is 1. The van der Waals surface area contributed by atoms with Gasteiger partial charge in [0.1, 0.15) is 16.3 Å². The van der Waals surface area contributed by atoms with Gasteiger partial charge in [0.05, 0.1) is 0 Å². The van der Waals surface area contributed by atoms with Gasteiger partial charge in [0.25, 0.3) is 0 Å². The molecule has 0 atom stereocenters. The molecule has 0 aliphatic rings. The third kappa shape index (κ3) is 8.26. The molecule has 1 aromatic carbocycles. The Kier molecular flexibility index (Phi) is 6.71.